The molecule has 1 aliphatic heterocycles. The van der Waals surface area contributed by atoms with E-state index in [0.717, 1.165) is 11.3 Å². The minimum atomic E-state index is -0.547. The molecule has 0 saturated carbocycles. The number of amides is 1. The molecule has 1 aromatic heterocycles. The number of hydrogen-bond acceptors (Lipinski definition) is 5. The van der Waals surface area contributed by atoms with Gasteiger partial charge in [-0.05, 0) is 31.2 Å². The highest BCUT2D eigenvalue weighted by atomic mass is 16.5. The van der Waals surface area contributed by atoms with E-state index in [2.05, 4.69) is 16.8 Å². The van der Waals surface area contributed by atoms with Crippen molar-refractivity contribution < 1.29 is 14.7 Å². The Hall–Kier alpha value is -2.60. The number of ether oxygens (including phenoxy) is 1. The van der Waals surface area contributed by atoms with E-state index in [0.29, 0.717) is 24.5 Å². The number of carbonyl (C=O) groups is 1. The maximum atomic E-state index is 11.5. The monoisotopic (exact) mass is 299 g/mol. The largest absolute Gasteiger partial charge is 0.491 e. The van der Waals surface area contributed by atoms with Gasteiger partial charge >= 0.3 is 0 Å². The van der Waals surface area contributed by atoms with E-state index >= 15 is 0 Å². The summed E-state index contributed by atoms with van der Waals surface area (Å²) in [5.41, 5.74) is 4.08. The van der Waals surface area contributed by atoms with Crippen LogP contribution < -0.4 is 15.1 Å². The van der Waals surface area contributed by atoms with Gasteiger partial charge in [0.2, 0.25) is 0 Å². The van der Waals surface area contributed by atoms with Gasteiger partial charge in [-0.25, -0.2) is 5.48 Å². The summed E-state index contributed by atoms with van der Waals surface area (Å²) in [6.45, 7) is 3.29. The molecule has 2 heterocycles. The van der Waals surface area contributed by atoms with Crippen LogP contribution in [0.5, 0.6) is 5.75 Å². The highest BCUT2D eigenvalue weighted by Crippen LogP contribution is 2.29. The van der Waals surface area contributed by atoms with Gasteiger partial charge in [0.25, 0.3) is 5.91 Å². The number of hydrogen-bond donors (Lipinski definition) is 2. The summed E-state index contributed by atoms with van der Waals surface area (Å²) in [5.74, 6) is 0.124. The molecule has 0 unspecified atom stereocenters. The van der Waals surface area contributed by atoms with Gasteiger partial charge in [-0.3, -0.25) is 15.0 Å². The fraction of sp³-hybridized carbons (Fsp3) is 0.250. The van der Waals surface area contributed by atoms with Gasteiger partial charge in [-0.2, -0.15) is 0 Å². The van der Waals surface area contributed by atoms with Crippen LogP contribution in [0.1, 0.15) is 22.8 Å². The first-order valence-corrected chi connectivity index (χ1v) is 7.06. The van der Waals surface area contributed by atoms with Gasteiger partial charge < -0.3 is 9.64 Å². The Morgan fingerprint density at radius 1 is 1.36 bits per heavy atom. The minimum absolute atomic E-state index is 0.185. The maximum Gasteiger partial charge on any atom is 0.274 e. The lowest BCUT2D eigenvalue weighted by molar-refractivity contribution is 0.0706. The number of aromatic nitrogens is 1. The predicted octanol–water partition coefficient (Wildman–Crippen LogP) is 1.99. The maximum absolute atomic E-state index is 11.5. The Labute approximate surface area is 128 Å². The highest BCUT2D eigenvalue weighted by Gasteiger charge is 2.22. The number of pyridine rings is 1. The van der Waals surface area contributed by atoms with E-state index in [4.69, 9.17) is 9.94 Å². The number of hydroxylamine groups is 1. The van der Waals surface area contributed by atoms with Gasteiger partial charge in [0.15, 0.2) is 0 Å². The molecule has 6 heteroatoms. The first-order chi connectivity index (χ1) is 10.7. The van der Waals surface area contributed by atoms with Crippen LogP contribution in [0.25, 0.3) is 0 Å². The van der Waals surface area contributed by atoms with Crippen molar-refractivity contribution in [3.63, 3.8) is 0 Å². The van der Waals surface area contributed by atoms with Gasteiger partial charge in [0.1, 0.15) is 12.4 Å². The predicted molar refractivity (Wildman–Crippen MR) is 81.1 cm³/mol. The number of anilines is 1. The lowest BCUT2D eigenvalue weighted by Crippen LogP contribution is -2.34. The zero-order valence-corrected chi connectivity index (χ0v) is 12.2. The summed E-state index contributed by atoms with van der Waals surface area (Å²) in [7, 11) is 0. The second-order valence-electron chi connectivity index (χ2n) is 5.26. The lowest BCUT2D eigenvalue weighted by atomic mass is 10.1. The second-order valence-corrected chi connectivity index (χ2v) is 5.26. The number of nitrogens with zero attached hydrogens (tertiary/aromatic N) is 2. The van der Waals surface area contributed by atoms with Crippen molar-refractivity contribution in [3.8, 4) is 5.75 Å². The molecule has 22 heavy (non-hydrogen) atoms. The molecule has 0 aliphatic carbocycles. The highest BCUT2D eigenvalue weighted by molar-refractivity contribution is 5.93. The van der Waals surface area contributed by atoms with Crippen molar-refractivity contribution in [3.05, 3.63) is 53.9 Å². The fourth-order valence-corrected chi connectivity index (χ4v) is 2.55. The molecule has 0 radical (unpaired) electrons. The van der Waals surface area contributed by atoms with Crippen LogP contribution in [0, 0.1) is 0 Å². The zero-order chi connectivity index (χ0) is 15.5. The number of fused-ring (bicyclic) bond motifs is 1. The van der Waals surface area contributed by atoms with Crippen LogP contribution >= 0.6 is 0 Å². The van der Waals surface area contributed by atoms with Crippen molar-refractivity contribution in [2.75, 3.05) is 11.5 Å². The average molecular weight is 299 g/mol. The van der Waals surface area contributed by atoms with E-state index in [1.807, 2.05) is 18.2 Å². The molecule has 0 bridgehead atoms. The molecule has 0 fully saturated rings. The number of benzene rings is 1. The second kappa shape index (κ2) is 6.03. The summed E-state index contributed by atoms with van der Waals surface area (Å²) in [6, 6.07) is 9.30. The molecule has 1 amide bonds. The van der Waals surface area contributed by atoms with Gasteiger partial charge in [-0.15, -0.1) is 0 Å². The third kappa shape index (κ3) is 2.73. The number of rotatable bonds is 2. The summed E-state index contributed by atoms with van der Waals surface area (Å²) in [4.78, 5) is 17.8. The SMILES string of the molecule is C[C@H]1COc2cc(C(=O)NO)ccc2CN1c1ccncc1. The van der Waals surface area contributed by atoms with Crippen molar-refractivity contribution in [1.82, 2.24) is 10.5 Å². The van der Waals surface area contributed by atoms with Crippen LogP contribution in [-0.4, -0.2) is 28.7 Å². The van der Waals surface area contributed by atoms with Crippen molar-refractivity contribution >= 4 is 11.6 Å². The fourth-order valence-electron chi connectivity index (χ4n) is 2.55. The van der Waals surface area contributed by atoms with E-state index in [1.54, 1.807) is 30.0 Å². The van der Waals surface area contributed by atoms with Crippen molar-refractivity contribution in [1.29, 1.82) is 0 Å². The van der Waals surface area contributed by atoms with Crippen molar-refractivity contribution in [2.45, 2.75) is 19.5 Å². The molecule has 2 aromatic rings. The summed E-state index contributed by atoms with van der Waals surface area (Å²) < 4.78 is 5.83. The van der Waals surface area contributed by atoms with Gasteiger partial charge in [-0.1, -0.05) is 6.07 Å². The topological polar surface area (TPSA) is 74.7 Å². The molecule has 114 valence electrons. The van der Waals surface area contributed by atoms with Crippen LogP contribution in [0.4, 0.5) is 5.69 Å². The van der Waals surface area contributed by atoms with Crippen LogP contribution in [0.15, 0.2) is 42.7 Å². The molecular weight excluding hydrogens is 282 g/mol. The standard InChI is InChI=1S/C16H17N3O3/c1-11-10-22-15-8-12(16(20)18-21)2-3-13(15)9-19(11)14-4-6-17-7-5-14/h2-8,11,21H,9-10H2,1H3,(H,18,20)/t11-/m0/s1. The Morgan fingerprint density at radius 2 is 2.14 bits per heavy atom. The lowest BCUT2D eigenvalue weighted by Gasteiger charge is -2.28. The average Bonchev–Trinajstić information content (AvgIpc) is 2.74. The van der Waals surface area contributed by atoms with Gasteiger partial charge in [0, 0.05) is 35.8 Å². The third-order valence-corrected chi connectivity index (χ3v) is 3.78. The molecule has 2 N–H and O–H groups in total. The molecule has 0 spiro atoms. The molecule has 1 atom stereocenters. The molecule has 0 saturated heterocycles. The van der Waals surface area contributed by atoms with E-state index in [9.17, 15) is 4.79 Å². The van der Waals surface area contributed by atoms with Crippen LogP contribution in [0.3, 0.4) is 0 Å². The smallest absolute Gasteiger partial charge is 0.274 e. The molecule has 1 aromatic carbocycles. The molecule has 1 aliphatic rings. The zero-order valence-electron chi connectivity index (χ0n) is 12.2. The number of carbonyl (C=O) groups excluding carboxylic acids is 1. The summed E-state index contributed by atoms with van der Waals surface area (Å²) in [5, 5.41) is 8.73. The number of nitrogens with one attached hydrogen (secondary N) is 1. The van der Waals surface area contributed by atoms with Gasteiger partial charge in [0.05, 0.1) is 6.04 Å². The van der Waals surface area contributed by atoms with E-state index in [1.165, 1.54) is 0 Å². The van der Waals surface area contributed by atoms with Crippen LogP contribution in [0.2, 0.25) is 0 Å². The van der Waals surface area contributed by atoms with Crippen LogP contribution in [-0.2, 0) is 6.54 Å². The van der Waals surface area contributed by atoms with Crippen molar-refractivity contribution in [2.24, 2.45) is 0 Å². The Kier molecular flexibility index (Phi) is 3.93. The van der Waals surface area contributed by atoms with E-state index in [-0.39, 0.29) is 6.04 Å². The Morgan fingerprint density at radius 3 is 2.86 bits per heavy atom. The third-order valence-electron chi connectivity index (χ3n) is 3.78. The normalized spacial score (nSPS) is 17.2. The van der Waals surface area contributed by atoms with E-state index < -0.39 is 5.91 Å². The Bertz CT molecular complexity index is 676. The molecule has 6 nitrogen and oxygen atoms in total. The first kappa shape index (κ1) is 14.3. The quantitative estimate of drug-likeness (QED) is 0.655. The summed E-state index contributed by atoms with van der Waals surface area (Å²) >= 11 is 0. The Balaban J connectivity index is 1.93. The summed E-state index contributed by atoms with van der Waals surface area (Å²) in [6.07, 6.45) is 3.53. The first-order valence-electron chi connectivity index (χ1n) is 7.06. The minimum Gasteiger partial charge on any atom is -0.491 e. The molecular formula is C16H17N3O3. The molecule has 3 rings (SSSR count).